The van der Waals surface area contributed by atoms with Gasteiger partial charge in [-0.3, -0.25) is 9.59 Å². The molecule has 0 unspecified atom stereocenters. The highest BCUT2D eigenvalue weighted by Crippen LogP contribution is 2.26. The van der Waals surface area contributed by atoms with Crippen molar-refractivity contribution in [1.29, 1.82) is 0 Å². The van der Waals surface area contributed by atoms with Gasteiger partial charge in [-0.25, -0.2) is 0 Å². The number of nitrogens with one attached hydrogen (secondary N) is 2. The van der Waals surface area contributed by atoms with Crippen LogP contribution in [0, 0.1) is 6.92 Å². The number of carbonyl (C=O) groups is 2. The lowest BCUT2D eigenvalue weighted by atomic mass is 9.98. The third kappa shape index (κ3) is 4.65. The molecular weight excluding hydrogens is 426 g/mol. The van der Waals surface area contributed by atoms with Crippen molar-refractivity contribution in [2.75, 3.05) is 7.11 Å². The number of amides is 2. The number of carbonyl (C=O) groups excluding carboxylic acids is 2. The van der Waals surface area contributed by atoms with Crippen LogP contribution in [-0.2, 0) is 4.79 Å². The van der Waals surface area contributed by atoms with E-state index in [-0.39, 0.29) is 11.8 Å². The maximum atomic E-state index is 12.9. The lowest BCUT2D eigenvalue weighted by Gasteiger charge is -2.15. The molecule has 162 valence electrons. The first-order valence-electron chi connectivity index (χ1n) is 10.2. The van der Waals surface area contributed by atoms with E-state index in [1.165, 1.54) is 0 Å². The van der Waals surface area contributed by atoms with E-state index in [0.29, 0.717) is 16.3 Å². The molecule has 2 atom stereocenters. The zero-order valence-corrected chi connectivity index (χ0v) is 18.5. The van der Waals surface area contributed by atoms with Crippen molar-refractivity contribution in [2.45, 2.75) is 19.0 Å². The van der Waals surface area contributed by atoms with Gasteiger partial charge in [-0.2, -0.15) is 0 Å². The fraction of sp³-hybridized carbons (Fsp3) is 0.160. The van der Waals surface area contributed by atoms with Crippen molar-refractivity contribution in [3.8, 4) is 5.75 Å². The molecule has 0 radical (unpaired) electrons. The largest absolute Gasteiger partial charge is 0.497 e. The molecule has 1 heterocycles. The summed E-state index contributed by atoms with van der Waals surface area (Å²) < 4.78 is 7.03. The Bertz CT molecular complexity index is 1170. The maximum absolute atomic E-state index is 12.9. The molecule has 4 rings (SSSR count). The van der Waals surface area contributed by atoms with Crippen LogP contribution in [0.1, 0.15) is 33.1 Å². The van der Waals surface area contributed by atoms with Crippen molar-refractivity contribution >= 4 is 29.6 Å². The van der Waals surface area contributed by atoms with Crippen LogP contribution in [0.5, 0.6) is 5.75 Å². The standard InChI is InChI=1S/C25H22ClN3O3/c1-16-6-8-18(9-7-16)23-22(27-24(30)19-10-12-20(26)13-11-19)25(31)28-29(23)15-17-4-3-5-21(14-17)32-2/h3-15,22-23H,1-2H3,(H-,27,28,30,31)/p+1/b29-15-/t22-,23+/m0/s1. The summed E-state index contributed by atoms with van der Waals surface area (Å²) >= 11 is 5.93. The van der Waals surface area contributed by atoms with E-state index in [4.69, 9.17) is 16.3 Å². The molecule has 3 aromatic carbocycles. The van der Waals surface area contributed by atoms with Gasteiger partial charge in [-0.05, 0) is 49.4 Å². The topological polar surface area (TPSA) is 70.4 Å². The predicted octanol–water partition coefficient (Wildman–Crippen LogP) is 3.67. The number of halogens is 1. The molecule has 1 aliphatic heterocycles. The molecule has 0 aromatic heterocycles. The predicted molar refractivity (Wildman–Crippen MR) is 123 cm³/mol. The number of aryl methyl sites for hydroxylation is 1. The highest BCUT2D eigenvalue weighted by Gasteiger charge is 2.47. The molecule has 3 aromatic rings. The highest BCUT2D eigenvalue weighted by molar-refractivity contribution is 6.30. The number of ether oxygens (including phenoxy) is 1. The van der Waals surface area contributed by atoms with Crippen LogP contribution < -0.4 is 15.5 Å². The van der Waals surface area contributed by atoms with Gasteiger partial charge in [0.15, 0.2) is 6.04 Å². The molecule has 0 spiro atoms. The van der Waals surface area contributed by atoms with Gasteiger partial charge >= 0.3 is 5.91 Å². The van der Waals surface area contributed by atoms with Crippen LogP contribution >= 0.6 is 11.6 Å². The van der Waals surface area contributed by atoms with Crippen molar-refractivity contribution < 1.29 is 19.0 Å². The van der Waals surface area contributed by atoms with Gasteiger partial charge in [-0.1, -0.05) is 47.5 Å². The Kier molecular flexibility index (Phi) is 6.23. The van der Waals surface area contributed by atoms with Gasteiger partial charge in [0.2, 0.25) is 12.3 Å². The minimum atomic E-state index is -0.789. The summed E-state index contributed by atoms with van der Waals surface area (Å²) in [6.07, 6.45) is 1.83. The number of hydrogen-bond donors (Lipinski definition) is 2. The van der Waals surface area contributed by atoms with Crippen molar-refractivity contribution in [2.24, 2.45) is 0 Å². The molecule has 32 heavy (non-hydrogen) atoms. The molecule has 1 fully saturated rings. The Labute approximate surface area is 191 Å². The first-order valence-corrected chi connectivity index (χ1v) is 10.5. The SMILES string of the molecule is COc1cccc(/C=[N+]2\NC(=O)[C@@H](NC(=O)c3ccc(Cl)cc3)[C@H]2c2ccc(C)cc2)c1. The summed E-state index contributed by atoms with van der Waals surface area (Å²) in [6.45, 7) is 2.00. The minimum Gasteiger partial charge on any atom is -0.497 e. The third-order valence-electron chi connectivity index (χ3n) is 5.33. The molecule has 7 heteroatoms. The van der Waals surface area contributed by atoms with Crippen LogP contribution in [0.25, 0.3) is 0 Å². The van der Waals surface area contributed by atoms with Crippen LogP contribution in [-0.4, -0.2) is 35.9 Å². The molecule has 1 saturated heterocycles. The number of hydrogen-bond acceptors (Lipinski definition) is 3. The van der Waals surface area contributed by atoms with E-state index >= 15 is 0 Å². The van der Waals surface area contributed by atoms with Gasteiger partial charge in [0, 0.05) is 21.7 Å². The van der Waals surface area contributed by atoms with E-state index in [1.807, 2.05) is 61.7 Å². The van der Waals surface area contributed by atoms with Crippen LogP contribution in [0.3, 0.4) is 0 Å². The Balaban J connectivity index is 1.70. The zero-order chi connectivity index (χ0) is 22.7. The van der Waals surface area contributed by atoms with Gasteiger partial charge < -0.3 is 10.1 Å². The monoisotopic (exact) mass is 448 g/mol. The molecule has 0 aliphatic carbocycles. The number of benzene rings is 3. The van der Waals surface area contributed by atoms with Crippen LogP contribution in [0.15, 0.2) is 72.8 Å². The molecule has 6 nitrogen and oxygen atoms in total. The molecular formula is C25H23ClN3O3+. The second-order valence-electron chi connectivity index (χ2n) is 7.60. The minimum absolute atomic E-state index is 0.294. The summed E-state index contributed by atoms with van der Waals surface area (Å²) in [4.78, 5) is 25.8. The Hall–Kier alpha value is -3.64. The molecule has 2 N–H and O–H groups in total. The third-order valence-corrected chi connectivity index (χ3v) is 5.58. The quantitative estimate of drug-likeness (QED) is 0.585. The first kappa shape index (κ1) is 21.6. The summed E-state index contributed by atoms with van der Waals surface area (Å²) in [5.74, 6) is 0.0722. The number of nitrogens with zero attached hydrogens (tertiary/aromatic N) is 1. The normalized spacial score (nSPS) is 19.0. The van der Waals surface area contributed by atoms with Crippen LogP contribution in [0.4, 0.5) is 0 Å². The number of rotatable bonds is 5. The van der Waals surface area contributed by atoms with E-state index in [2.05, 4.69) is 10.7 Å². The first-order chi connectivity index (χ1) is 15.4. The molecule has 2 amide bonds. The maximum Gasteiger partial charge on any atom is 0.304 e. The Morgan fingerprint density at radius 1 is 1.09 bits per heavy atom. The lowest BCUT2D eigenvalue weighted by molar-refractivity contribution is -0.596. The summed E-state index contributed by atoms with van der Waals surface area (Å²) in [6, 6.07) is 20.7. The van der Waals surface area contributed by atoms with Crippen molar-refractivity contribution in [1.82, 2.24) is 10.7 Å². The number of methoxy groups -OCH3 is 1. The smallest absolute Gasteiger partial charge is 0.304 e. The molecule has 0 bridgehead atoms. The van der Waals surface area contributed by atoms with E-state index < -0.39 is 12.1 Å². The highest BCUT2D eigenvalue weighted by atomic mass is 35.5. The second-order valence-corrected chi connectivity index (χ2v) is 8.04. The summed E-state index contributed by atoms with van der Waals surface area (Å²) in [5.41, 5.74) is 6.17. The Morgan fingerprint density at radius 2 is 1.81 bits per heavy atom. The van der Waals surface area contributed by atoms with E-state index in [1.54, 1.807) is 36.1 Å². The zero-order valence-electron chi connectivity index (χ0n) is 17.7. The summed E-state index contributed by atoms with van der Waals surface area (Å²) in [5, 5.41) is 3.42. The molecule has 0 saturated carbocycles. The van der Waals surface area contributed by atoms with E-state index in [0.717, 1.165) is 16.7 Å². The molecule has 1 aliphatic rings. The van der Waals surface area contributed by atoms with Crippen molar-refractivity contribution in [3.63, 3.8) is 0 Å². The number of hydrazone groups is 1. The average Bonchev–Trinajstić information content (AvgIpc) is 3.09. The van der Waals surface area contributed by atoms with Gasteiger partial charge in [0.25, 0.3) is 5.91 Å². The Morgan fingerprint density at radius 3 is 2.50 bits per heavy atom. The fourth-order valence-electron chi connectivity index (χ4n) is 3.65. The van der Waals surface area contributed by atoms with E-state index in [9.17, 15) is 9.59 Å². The van der Waals surface area contributed by atoms with Gasteiger partial charge in [0.05, 0.1) is 7.11 Å². The lowest BCUT2D eigenvalue weighted by Crippen LogP contribution is -2.42. The fourth-order valence-corrected chi connectivity index (χ4v) is 3.78. The average molecular weight is 449 g/mol. The second kappa shape index (κ2) is 9.24. The van der Waals surface area contributed by atoms with Crippen molar-refractivity contribution in [3.05, 3.63) is 100 Å². The number of hydrazine groups is 1. The van der Waals surface area contributed by atoms with Gasteiger partial charge in [-0.15, -0.1) is 10.1 Å². The summed E-state index contributed by atoms with van der Waals surface area (Å²) in [7, 11) is 1.61. The van der Waals surface area contributed by atoms with Gasteiger partial charge in [0.1, 0.15) is 5.75 Å². The van der Waals surface area contributed by atoms with Crippen LogP contribution in [0.2, 0.25) is 5.02 Å².